The fraction of sp³-hybridized carbons (Fsp3) is 0.364. The standard InChI is InChI=1S/C11H16N4O2S2/c1-12-7-10-11(3-4-18-10)19(16,17)14-6-9-5-13-15(2)8-9/h3-5,8,12,14H,6-7H2,1-2H3. The highest BCUT2D eigenvalue weighted by atomic mass is 32.2. The van der Waals surface area contributed by atoms with Crippen LogP contribution >= 0.6 is 11.3 Å². The van der Waals surface area contributed by atoms with Crippen LogP contribution in [-0.4, -0.2) is 25.2 Å². The first kappa shape index (κ1) is 14.2. The van der Waals surface area contributed by atoms with Crippen molar-refractivity contribution in [3.63, 3.8) is 0 Å². The van der Waals surface area contributed by atoms with Crippen molar-refractivity contribution in [1.82, 2.24) is 19.8 Å². The monoisotopic (exact) mass is 300 g/mol. The molecule has 0 aliphatic heterocycles. The van der Waals surface area contributed by atoms with Gasteiger partial charge < -0.3 is 5.32 Å². The van der Waals surface area contributed by atoms with Crippen LogP contribution in [0.5, 0.6) is 0 Å². The first-order valence-corrected chi connectivity index (χ1v) is 8.07. The molecule has 2 N–H and O–H groups in total. The lowest BCUT2D eigenvalue weighted by Gasteiger charge is -2.06. The zero-order valence-corrected chi connectivity index (χ0v) is 12.4. The number of nitrogens with zero attached hydrogens (tertiary/aromatic N) is 2. The lowest BCUT2D eigenvalue weighted by Crippen LogP contribution is -2.24. The predicted octanol–water partition coefficient (Wildman–Crippen LogP) is 0.679. The Morgan fingerprint density at radius 2 is 2.21 bits per heavy atom. The minimum atomic E-state index is -3.48. The second-order valence-corrected chi connectivity index (χ2v) is 6.82. The lowest BCUT2D eigenvalue weighted by molar-refractivity contribution is 0.580. The number of aromatic nitrogens is 2. The van der Waals surface area contributed by atoms with Crippen molar-refractivity contribution in [3.8, 4) is 0 Å². The molecule has 0 unspecified atom stereocenters. The van der Waals surface area contributed by atoms with Gasteiger partial charge in [0.2, 0.25) is 10.0 Å². The number of nitrogens with one attached hydrogen (secondary N) is 2. The van der Waals surface area contributed by atoms with Crippen LogP contribution in [0, 0.1) is 0 Å². The van der Waals surface area contributed by atoms with Crippen molar-refractivity contribution < 1.29 is 8.42 Å². The molecule has 0 atom stereocenters. The second-order valence-electron chi connectivity index (χ2n) is 4.09. The molecule has 2 heterocycles. The molecule has 8 heteroatoms. The maximum absolute atomic E-state index is 12.2. The Labute approximate surface area is 116 Å². The third-order valence-electron chi connectivity index (χ3n) is 2.56. The first-order chi connectivity index (χ1) is 9.03. The van der Waals surface area contributed by atoms with E-state index in [0.717, 1.165) is 10.4 Å². The van der Waals surface area contributed by atoms with Gasteiger partial charge in [-0.25, -0.2) is 13.1 Å². The largest absolute Gasteiger partial charge is 0.315 e. The molecule has 0 fully saturated rings. The van der Waals surface area contributed by atoms with E-state index >= 15 is 0 Å². The van der Waals surface area contributed by atoms with Crippen molar-refractivity contribution in [2.45, 2.75) is 18.0 Å². The summed E-state index contributed by atoms with van der Waals surface area (Å²) in [7, 11) is 0.109. The Bertz CT molecular complexity index is 645. The molecule has 0 amide bonds. The number of hydrogen-bond donors (Lipinski definition) is 2. The topological polar surface area (TPSA) is 76.0 Å². The number of hydrogen-bond acceptors (Lipinski definition) is 5. The molecule has 104 valence electrons. The van der Waals surface area contributed by atoms with Gasteiger partial charge >= 0.3 is 0 Å². The van der Waals surface area contributed by atoms with Crippen LogP contribution in [0.15, 0.2) is 28.7 Å². The zero-order valence-electron chi connectivity index (χ0n) is 10.8. The summed E-state index contributed by atoms with van der Waals surface area (Å²) in [5.74, 6) is 0. The van der Waals surface area contributed by atoms with E-state index in [-0.39, 0.29) is 6.54 Å². The van der Waals surface area contributed by atoms with Gasteiger partial charge in [-0.2, -0.15) is 5.10 Å². The Kier molecular flexibility index (Phi) is 4.35. The van der Waals surface area contributed by atoms with E-state index in [4.69, 9.17) is 0 Å². The third-order valence-corrected chi connectivity index (χ3v) is 5.09. The number of rotatable bonds is 6. The molecule has 2 aromatic heterocycles. The summed E-state index contributed by atoms with van der Waals surface area (Å²) in [6.45, 7) is 0.784. The Morgan fingerprint density at radius 1 is 1.42 bits per heavy atom. The van der Waals surface area contributed by atoms with E-state index in [0.29, 0.717) is 11.4 Å². The summed E-state index contributed by atoms with van der Waals surface area (Å²) in [6.07, 6.45) is 3.43. The van der Waals surface area contributed by atoms with Crippen molar-refractivity contribution in [1.29, 1.82) is 0 Å². The lowest BCUT2D eigenvalue weighted by atomic mass is 10.4. The van der Waals surface area contributed by atoms with E-state index in [2.05, 4.69) is 15.1 Å². The highest BCUT2D eigenvalue weighted by Crippen LogP contribution is 2.21. The molecule has 0 aromatic carbocycles. The summed E-state index contributed by atoms with van der Waals surface area (Å²) in [5, 5.41) is 8.75. The zero-order chi connectivity index (χ0) is 13.9. The number of sulfonamides is 1. The van der Waals surface area contributed by atoms with Gasteiger partial charge in [0, 0.05) is 36.8 Å². The molecule has 0 aliphatic rings. The smallest absolute Gasteiger partial charge is 0.242 e. The van der Waals surface area contributed by atoms with Gasteiger partial charge in [-0.1, -0.05) is 0 Å². The fourth-order valence-corrected chi connectivity index (χ4v) is 4.15. The number of aryl methyl sites for hydroxylation is 1. The molecule has 0 spiro atoms. The normalized spacial score (nSPS) is 11.9. The molecule has 0 bridgehead atoms. The average Bonchev–Trinajstić information content (AvgIpc) is 2.97. The predicted molar refractivity (Wildman–Crippen MR) is 74.3 cm³/mol. The van der Waals surface area contributed by atoms with E-state index in [1.54, 1.807) is 42.6 Å². The Hall–Kier alpha value is -1.22. The van der Waals surface area contributed by atoms with Crippen LogP contribution in [0.3, 0.4) is 0 Å². The Morgan fingerprint density at radius 3 is 2.84 bits per heavy atom. The van der Waals surface area contributed by atoms with Crippen LogP contribution in [0.4, 0.5) is 0 Å². The minimum Gasteiger partial charge on any atom is -0.315 e. The summed E-state index contributed by atoms with van der Waals surface area (Å²) in [6, 6.07) is 1.63. The molecule has 2 aromatic rings. The molecule has 2 rings (SSSR count). The van der Waals surface area contributed by atoms with Gasteiger partial charge in [0.05, 0.1) is 11.1 Å². The fourth-order valence-electron chi connectivity index (χ4n) is 1.68. The van der Waals surface area contributed by atoms with Crippen LogP contribution in [0.25, 0.3) is 0 Å². The van der Waals surface area contributed by atoms with Gasteiger partial charge in [0.15, 0.2) is 0 Å². The van der Waals surface area contributed by atoms with Gasteiger partial charge in [-0.15, -0.1) is 11.3 Å². The quantitative estimate of drug-likeness (QED) is 0.822. The van der Waals surface area contributed by atoms with Crippen LogP contribution in [0.2, 0.25) is 0 Å². The highest BCUT2D eigenvalue weighted by molar-refractivity contribution is 7.89. The molecule has 0 saturated heterocycles. The van der Waals surface area contributed by atoms with Gasteiger partial charge in [-0.3, -0.25) is 4.68 Å². The minimum absolute atomic E-state index is 0.241. The van der Waals surface area contributed by atoms with E-state index in [9.17, 15) is 8.42 Å². The molecule has 6 nitrogen and oxygen atoms in total. The molecular formula is C11H16N4O2S2. The maximum Gasteiger partial charge on any atom is 0.242 e. The second kappa shape index (κ2) is 5.83. The summed E-state index contributed by atoms with van der Waals surface area (Å²) >= 11 is 1.43. The van der Waals surface area contributed by atoms with Gasteiger partial charge in [0.25, 0.3) is 0 Å². The maximum atomic E-state index is 12.2. The summed E-state index contributed by atoms with van der Waals surface area (Å²) < 4.78 is 28.6. The van der Waals surface area contributed by atoms with Crippen LogP contribution in [0.1, 0.15) is 10.4 Å². The summed E-state index contributed by atoms with van der Waals surface area (Å²) in [4.78, 5) is 1.15. The van der Waals surface area contributed by atoms with Crippen molar-refractivity contribution >= 4 is 21.4 Å². The molecule has 0 saturated carbocycles. The van der Waals surface area contributed by atoms with E-state index < -0.39 is 10.0 Å². The van der Waals surface area contributed by atoms with E-state index in [1.165, 1.54) is 11.3 Å². The van der Waals surface area contributed by atoms with Gasteiger partial charge in [0.1, 0.15) is 0 Å². The van der Waals surface area contributed by atoms with Crippen LogP contribution in [-0.2, 0) is 30.2 Å². The Balaban J connectivity index is 2.11. The molecular weight excluding hydrogens is 284 g/mol. The molecule has 0 aliphatic carbocycles. The summed E-state index contributed by atoms with van der Waals surface area (Å²) in [5.41, 5.74) is 0.830. The average molecular weight is 300 g/mol. The third kappa shape index (κ3) is 3.41. The number of thiophene rings is 1. The molecule has 19 heavy (non-hydrogen) atoms. The van der Waals surface area contributed by atoms with Crippen molar-refractivity contribution in [2.24, 2.45) is 7.05 Å². The van der Waals surface area contributed by atoms with E-state index in [1.807, 2.05) is 0 Å². The van der Waals surface area contributed by atoms with Crippen molar-refractivity contribution in [3.05, 3.63) is 34.3 Å². The molecule has 0 radical (unpaired) electrons. The van der Waals surface area contributed by atoms with Crippen molar-refractivity contribution in [2.75, 3.05) is 7.05 Å². The highest BCUT2D eigenvalue weighted by Gasteiger charge is 2.19. The van der Waals surface area contributed by atoms with Crippen LogP contribution < -0.4 is 10.0 Å². The SMILES string of the molecule is CNCc1sccc1S(=O)(=O)NCc1cnn(C)c1. The first-order valence-electron chi connectivity index (χ1n) is 5.71. The van der Waals surface area contributed by atoms with Gasteiger partial charge in [-0.05, 0) is 18.5 Å².